The van der Waals surface area contributed by atoms with Gasteiger partial charge in [-0.3, -0.25) is 14.2 Å². The van der Waals surface area contributed by atoms with Gasteiger partial charge in [0.05, 0.1) is 33.8 Å². The van der Waals surface area contributed by atoms with Gasteiger partial charge in [0.25, 0.3) is 7.82 Å². The number of quaternary nitrogens is 1. The van der Waals surface area contributed by atoms with Crippen molar-refractivity contribution in [1.82, 2.24) is 5.32 Å². The number of esters is 1. The lowest BCUT2D eigenvalue weighted by atomic mass is 10.0. The fourth-order valence-electron chi connectivity index (χ4n) is 9.84. The van der Waals surface area contributed by atoms with Crippen molar-refractivity contribution in [1.29, 1.82) is 0 Å². The molecule has 0 saturated carbocycles. The highest BCUT2D eigenvalue weighted by Crippen LogP contribution is 2.38. The number of likely N-dealkylation sites (N-methyl/N-ethyl adjacent to an activating group) is 1. The van der Waals surface area contributed by atoms with Crippen LogP contribution in [-0.2, 0) is 27.9 Å². The van der Waals surface area contributed by atoms with E-state index in [2.05, 4.69) is 50.4 Å². The number of carbonyl (C=O) groups excluding carboxylic acids is 2. The number of nitrogens with zero attached hydrogens (tertiary/aromatic N) is 1. The molecular weight excluding hydrogens is 1050 g/mol. The molecule has 0 spiro atoms. The molecule has 0 aliphatic carbocycles. The minimum absolute atomic E-state index is 0.0349. The number of amides is 1. The average molecular weight is 1180 g/mol. The highest BCUT2D eigenvalue weighted by molar-refractivity contribution is 7.45. The first-order valence-electron chi connectivity index (χ1n) is 34.6. The van der Waals surface area contributed by atoms with Crippen molar-refractivity contribution < 1.29 is 37.3 Å². The van der Waals surface area contributed by atoms with Crippen LogP contribution in [0, 0.1) is 0 Å². The van der Waals surface area contributed by atoms with Gasteiger partial charge in [-0.1, -0.05) is 311 Å². The van der Waals surface area contributed by atoms with Crippen molar-refractivity contribution in [3.8, 4) is 0 Å². The maximum Gasteiger partial charge on any atom is 0.306 e. The second-order valence-corrected chi connectivity index (χ2v) is 25.9. The van der Waals surface area contributed by atoms with E-state index in [1.54, 1.807) is 0 Å². The van der Waals surface area contributed by atoms with Crippen molar-refractivity contribution in [3.05, 3.63) is 97.2 Å². The highest BCUT2D eigenvalue weighted by Gasteiger charge is 2.27. The number of nitrogens with one attached hydrogen (secondary N) is 1. The van der Waals surface area contributed by atoms with E-state index in [1.807, 2.05) is 94.1 Å². The number of ether oxygens (including phenoxy) is 1. The maximum absolute atomic E-state index is 13.5. The molecule has 10 heteroatoms. The molecular formula is C73H131N2O7P. The van der Waals surface area contributed by atoms with Crippen LogP contribution in [0.2, 0.25) is 0 Å². The van der Waals surface area contributed by atoms with Crippen LogP contribution >= 0.6 is 7.82 Å². The zero-order chi connectivity index (χ0) is 60.7. The minimum atomic E-state index is -4.72. The number of carbonyl (C=O) groups is 2. The molecule has 480 valence electrons. The molecule has 0 aromatic heterocycles. The van der Waals surface area contributed by atoms with Gasteiger partial charge in [0.2, 0.25) is 5.91 Å². The Morgan fingerprint density at radius 3 is 1.20 bits per heavy atom. The molecule has 0 fully saturated rings. The van der Waals surface area contributed by atoms with Gasteiger partial charge in [-0.2, -0.15) is 0 Å². The normalized spacial score (nSPS) is 14.2. The summed E-state index contributed by atoms with van der Waals surface area (Å²) in [6, 6.07) is -0.917. The topological polar surface area (TPSA) is 114 Å². The monoisotopic (exact) mass is 1180 g/mol. The molecule has 0 saturated heterocycles. The second-order valence-electron chi connectivity index (χ2n) is 24.5. The lowest BCUT2D eigenvalue weighted by Crippen LogP contribution is -2.47. The predicted octanol–water partition coefficient (Wildman–Crippen LogP) is 21.3. The molecule has 1 N–H and O–H groups in total. The number of rotatable bonds is 62. The Bertz CT molecular complexity index is 1740. The van der Waals surface area contributed by atoms with E-state index in [0.29, 0.717) is 17.4 Å². The predicted molar refractivity (Wildman–Crippen MR) is 358 cm³/mol. The third-order valence-electron chi connectivity index (χ3n) is 15.2. The first-order chi connectivity index (χ1) is 40.4. The number of hydrogen-bond acceptors (Lipinski definition) is 7. The van der Waals surface area contributed by atoms with Gasteiger partial charge in [-0.15, -0.1) is 0 Å². The van der Waals surface area contributed by atoms with E-state index in [4.69, 9.17) is 13.8 Å². The molecule has 3 unspecified atom stereocenters. The zero-order valence-corrected chi connectivity index (χ0v) is 55.8. The molecule has 0 heterocycles. The maximum atomic E-state index is 13.5. The summed E-state index contributed by atoms with van der Waals surface area (Å²) < 4.78 is 30.4. The largest absolute Gasteiger partial charge is 0.756 e. The van der Waals surface area contributed by atoms with Gasteiger partial charge in [0.1, 0.15) is 19.3 Å². The molecule has 3 atom stereocenters. The smallest absolute Gasteiger partial charge is 0.306 e. The lowest BCUT2D eigenvalue weighted by Gasteiger charge is -2.30. The Balaban J connectivity index is 5.11. The molecule has 0 rings (SSSR count). The van der Waals surface area contributed by atoms with Crippen molar-refractivity contribution >= 4 is 19.7 Å². The average Bonchev–Trinajstić information content (AvgIpc) is 3.46. The second kappa shape index (κ2) is 62.0. The molecule has 0 aliphatic heterocycles. The summed E-state index contributed by atoms with van der Waals surface area (Å²) in [6.45, 7) is 6.68. The van der Waals surface area contributed by atoms with Crippen LogP contribution in [0.5, 0.6) is 0 Å². The Kier molecular flexibility index (Phi) is 59.7. The van der Waals surface area contributed by atoms with Crippen molar-refractivity contribution in [2.24, 2.45) is 0 Å². The minimum Gasteiger partial charge on any atom is -0.756 e. The summed E-state index contributed by atoms with van der Waals surface area (Å²) in [4.78, 5) is 40.1. The van der Waals surface area contributed by atoms with Crippen LogP contribution in [0.4, 0.5) is 0 Å². The summed E-state index contributed by atoms with van der Waals surface area (Å²) in [5, 5.41) is 3.01. The lowest BCUT2D eigenvalue weighted by molar-refractivity contribution is -0.870. The summed E-state index contributed by atoms with van der Waals surface area (Å²) in [7, 11) is 1.15. The van der Waals surface area contributed by atoms with Gasteiger partial charge in [-0.25, -0.2) is 0 Å². The summed E-state index contributed by atoms with van der Waals surface area (Å²) in [6.07, 6.45) is 84.0. The van der Waals surface area contributed by atoms with Crippen LogP contribution in [0.25, 0.3) is 0 Å². The van der Waals surface area contributed by atoms with Gasteiger partial charge in [-0.05, 0) is 76.7 Å². The van der Waals surface area contributed by atoms with Gasteiger partial charge in [0, 0.05) is 12.8 Å². The SMILES string of the molecule is CC\C=C/C=C/C=C/C=C\C=C\C=C\CCCCCC(=O)NC(COP(=O)([O-])OCC[N+](C)(C)C)C(/C=C\CCCCCCCCCCCCC)OC(=O)CCCCCCCCCCCCCCCCCCC/C=C/CCCCCCCC. The Labute approximate surface area is 513 Å². The van der Waals surface area contributed by atoms with E-state index in [0.717, 1.165) is 64.2 Å². The van der Waals surface area contributed by atoms with Crippen LogP contribution in [0.3, 0.4) is 0 Å². The number of phosphoric ester groups is 1. The van der Waals surface area contributed by atoms with E-state index in [1.165, 1.54) is 199 Å². The molecule has 0 aromatic carbocycles. The van der Waals surface area contributed by atoms with E-state index < -0.39 is 26.6 Å². The Hall–Kier alpha value is -3.07. The molecule has 83 heavy (non-hydrogen) atoms. The molecule has 0 radical (unpaired) electrons. The number of phosphoric acid groups is 1. The summed E-state index contributed by atoms with van der Waals surface area (Å²) in [5.41, 5.74) is 0. The van der Waals surface area contributed by atoms with Crippen LogP contribution < -0.4 is 10.2 Å². The third-order valence-corrected chi connectivity index (χ3v) is 16.1. The molecule has 0 aromatic rings. The van der Waals surface area contributed by atoms with Gasteiger partial charge in [0.15, 0.2) is 0 Å². The molecule has 9 nitrogen and oxygen atoms in total. The van der Waals surface area contributed by atoms with Crippen LogP contribution in [0.1, 0.15) is 303 Å². The summed E-state index contributed by atoms with van der Waals surface area (Å²) >= 11 is 0. The Morgan fingerprint density at radius 1 is 0.434 bits per heavy atom. The standard InChI is InChI=1S/C73H131N2O7P/c1-7-10-13-16-19-22-25-28-30-32-33-34-35-36-37-38-39-40-41-43-45-48-51-54-57-60-63-66-73(77)82-71(64-61-58-55-52-49-46-27-24-21-18-15-12-9-3)70(69-81-83(78,79)80-68-67-75(4,5)6)74-72(76)65-62-59-56-53-50-47-44-42-31-29-26-23-20-17-14-11-8-2/h11,14,17,20,23,26,28-31,42,44,47,50,61,64,70-71H,7-10,12-13,15-16,18-19,21-22,24-25,27,32-41,43,45-46,48-49,51-60,62-63,65-69H2,1-6H3,(H-,74,76,78,79)/b14-11-,20-17+,26-23+,30-28+,31-29-,44-42+,50-47+,64-61-. The third kappa shape index (κ3) is 63.3. The molecule has 1 amide bonds. The van der Waals surface area contributed by atoms with E-state index in [-0.39, 0.29) is 31.3 Å². The number of allylic oxidation sites excluding steroid dienone is 15. The fourth-order valence-corrected chi connectivity index (χ4v) is 10.6. The number of hydrogen-bond donors (Lipinski definition) is 1. The quantitative estimate of drug-likeness (QED) is 0.0161. The first kappa shape index (κ1) is 79.9. The molecule has 0 bridgehead atoms. The van der Waals surface area contributed by atoms with E-state index in [9.17, 15) is 19.0 Å². The van der Waals surface area contributed by atoms with Crippen molar-refractivity contribution in [3.63, 3.8) is 0 Å². The molecule has 0 aliphatic rings. The Morgan fingerprint density at radius 2 is 0.783 bits per heavy atom. The van der Waals surface area contributed by atoms with Crippen LogP contribution in [0.15, 0.2) is 97.2 Å². The van der Waals surface area contributed by atoms with Crippen molar-refractivity contribution in [2.45, 2.75) is 315 Å². The van der Waals surface area contributed by atoms with E-state index >= 15 is 0 Å². The van der Waals surface area contributed by atoms with Crippen molar-refractivity contribution in [2.75, 3.05) is 40.9 Å². The zero-order valence-electron chi connectivity index (χ0n) is 54.9. The number of unbranched alkanes of at least 4 members (excludes halogenated alkanes) is 37. The van der Waals surface area contributed by atoms with Crippen LogP contribution in [-0.4, -0.2) is 69.4 Å². The van der Waals surface area contributed by atoms with Gasteiger partial charge >= 0.3 is 5.97 Å². The fraction of sp³-hybridized carbons (Fsp3) is 0.753. The first-order valence-corrected chi connectivity index (χ1v) is 36.1. The summed E-state index contributed by atoms with van der Waals surface area (Å²) in [5.74, 6) is -0.587. The highest BCUT2D eigenvalue weighted by atomic mass is 31.2. The van der Waals surface area contributed by atoms with Gasteiger partial charge < -0.3 is 28.5 Å².